The standard InChI is InChI=1S/C15H25NOS/c1-3-6-14(15-9-5-10-18-15)16-12-7-4-8-13(11-12)17-2/h5,9-10,12-14,16H,3-4,6-8,11H2,1-2H3. The highest BCUT2D eigenvalue weighted by atomic mass is 32.1. The Kier molecular flexibility index (Phi) is 5.67. The first-order valence-electron chi connectivity index (χ1n) is 7.15. The van der Waals surface area contributed by atoms with Crippen LogP contribution in [-0.2, 0) is 4.74 Å². The van der Waals surface area contributed by atoms with Crippen LogP contribution in [0.3, 0.4) is 0 Å². The molecule has 102 valence electrons. The van der Waals surface area contributed by atoms with Crippen molar-refractivity contribution in [3.63, 3.8) is 0 Å². The first kappa shape index (κ1) is 14.0. The van der Waals surface area contributed by atoms with Crippen molar-refractivity contribution < 1.29 is 4.74 Å². The summed E-state index contributed by atoms with van der Waals surface area (Å²) in [5, 5.41) is 6.03. The lowest BCUT2D eigenvalue weighted by molar-refractivity contribution is 0.0567. The van der Waals surface area contributed by atoms with Crippen molar-refractivity contribution in [2.75, 3.05) is 7.11 Å². The molecule has 3 unspecified atom stereocenters. The molecule has 0 radical (unpaired) electrons. The van der Waals surface area contributed by atoms with Crippen LogP contribution in [-0.4, -0.2) is 19.3 Å². The van der Waals surface area contributed by atoms with E-state index in [2.05, 4.69) is 29.8 Å². The Morgan fingerprint density at radius 1 is 1.50 bits per heavy atom. The minimum atomic E-state index is 0.460. The summed E-state index contributed by atoms with van der Waals surface area (Å²) in [4.78, 5) is 1.48. The normalized spacial score (nSPS) is 26.1. The predicted octanol–water partition coefficient (Wildman–Crippen LogP) is 4.14. The summed E-state index contributed by atoms with van der Waals surface area (Å²) in [6, 6.07) is 5.58. The van der Waals surface area contributed by atoms with Gasteiger partial charge in [0.2, 0.25) is 0 Å². The Morgan fingerprint density at radius 2 is 2.39 bits per heavy atom. The lowest BCUT2D eigenvalue weighted by atomic mass is 9.92. The van der Waals surface area contributed by atoms with Gasteiger partial charge in [-0.15, -0.1) is 11.3 Å². The molecule has 18 heavy (non-hydrogen) atoms. The minimum absolute atomic E-state index is 0.460. The molecule has 1 heterocycles. The fourth-order valence-corrected chi connectivity index (χ4v) is 3.70. The van der Waals surface area contributed by atoms with E-state index in [-0.39, 0.29) is 0 Å². The molecule has 1 aliphatic carbocycles. The van der Waals surface area contributed by atoms with Crippen molar-refractivity contribution in [1.29, 1.82) is 0 Å². The van der Waals surface area contributed by atoms with Crippen LogP contribution >= 0.6 is 11.3 Å². The van der Waals surface area contributed by atoms with Gasteiger partial charge in [0.25, 0.3) is 0 Å². The zero-order valence-corrected chi connectivity index (χ0v) is 12.3. The molecule has 1 aliphatic rings. The molecule has 1 N–H and O–H groups in total. The second-order valence-electron chi connectivity index (χ2n) is 5.24. The molecule has 0 saturated heterocycles. The van der Waals surface area contributed by atoms with Crippen molar-refractivity contribution in [2.24, 2.45) is 0 Å². The highest BCUT2D eigenvalue weighted by Gasteiger charge is 2.24. The number of nitrogens with one attached hydrogen (secondary N) is 1. The van der Waals surface area contributed by atoms with E-state index >= 15 is 0 Å². The second-order valence-corrected chi connectivity index (χ2v) is 6.22. The summed E-state index contributed by atoms with van der Waals surface area (Å²) in [5.74, 6) is 0. The fourth-order valence-electron chi connectivity index (χ4n) is 2.88. The van der Waals surface area contributed by atoms with Gasteiger partial charge < -0.3 is 10.1 Å². The largest absolute Gasteiger partial charge is 0.381 e. The van der Waals surface area contributed by atoms with Crippen LogP contribution in [0.25, 0.3) is 0 Å². The highest BCUT2D eigenvalue weighted by Crippen LogP contribution is 2.27. The van der Waals surface area contributed by atoms with E-state index in [1.807, 2.05) is 18.4 Å². The van der Waals surface area contributed by atoms with Crippen LogP contribution in [0, 0.1) is 0 Å². The molecular weight excluding hydrogens is 242 g/mol. The van der Waals surface area contributed by atoms with Gasteiger partial charge in [0.15, 0.2) is 0 Å². The third kappa shape index (κ3) is 3.81. The number of ether oxygens (including phenoxy) is 1. The Labute approximate surface area is 115 Å². The third-order valence-corrected chi connectivity index (χ3v) is 4.85. The quantitative estimate of drug-likeness (QED) is 0.836. The molecule has 1 aromatic rings. The van der Waals surface area contributed by atoms with Gasteiger partial charge in [-0.3, -0.25) is 0 Å². The minimum Gasteiger partial charge on any atom is -0.381 e. The second kappa shape index (κ2) is 7.27. The monoisotopic (exact) mass is 267 g/mol. The molecule has 0 bridgehead atoms. The summed E-state index contributed by atoms with van der Waals surface area (Å²) in [6.45, 7) is 2.26. The third-order valence-electron chi connectivity index (χ3n) is 3.86. The van der Waals surface area contributed by atoms with Gasteiger partial charge in [-0.2, -0.15) is 0 Å². The maximum absolute atomic E-state index is 5.52. The van der Waals surface area contributed by atoms with E-state index in [0.717, 1.165) is 0 Å². The first-order valence-corrected chi connectivity index (χ1v) is 8.03. The van der Waals surface area contributed by atoms with Crippen LogP contribution in [0.1, 0.15) is 56.4 Å². The molecular formula is C15H25NOS. The van der Waals surface area contributed by atoms with Crippen LogP contribution in [0.4, 0.5) is 0 Å². The Balaban J connectivity index is 1.92. The molecule has 1 aromatic heterocycles. The van der Waals surface area contributed by atoms with E-state index in [0.29, 0.717) is 18.2 Å². The first-order chi connectivity index (χ1) is 8.83. The van der Waals surface area contributed by atoms with Gasteiger partial charge in [0.05, 0.1) is 6.10 Å². The Hall–Kier alpha value is -0.380. The van der Waals surface area contributed by atoms with Crippen LogP contribution in [0.15, 0.2) is 17.5 Å². The lowest BCUT2D eigenvalue weighted by Crippen LogP contribution is -2.38. The summed E-state index contributed by atoms with van der Waals surface area (Å²) < 4.78 is 5.52. The van der Waals surface area contributed by atoms with Crippen molar-refractivity contribution in [3.8, 4) is 0 Å². The zero-order valence-electron chi connectivity index (χ0n) is 11.5. The van der Waals surface area contributed by atoms with Crippen molar-refractivity contribution >= 4 is 11.3 Å². The van der Waals surface area contributed by atoms with Crippen molar-refractivity contribution in [1.82, 2.24) is 5.32 Å². The molecule has 1 fully saturated rings. The Bertz CT molecular complexity index is 325. The summed E-state index contributed by atoms with van der Waals surface area (Å²) in [7, 11) is 1.84. The van der Waals surface area contributed by atoms with Crippen LogP contribution < -0.4 is 5.32 Å². The average molecular weight is 267 g/mol. The molecule has 0 aromatic carbocycles. The summed E-state index contributed by atoms with van der Waals surface area (Å²) in [6.07, 6.45) is 7.91. The predicted molar refractivity (Wildman–Crippen MR) is 78.2 cm³/mol. The van der Waals surface area contributed by atoms with E-state index in [4.69, 9.17) is 4.74 Å². The smallest absolute Gasteiger partial charge is 0.0586 e. The van der Waals surface area contributed by atoms with Crippen LogP contribution in [0.5, 0.6) is 0 Å². The number of hydrogen-bond donors (Lipinski definition) is 1. The number of rotatable bonds is 6. The molecule has 2 rings (SSSR count). The van der Waals surface area contributed by atoms with Crippen molar-refractivity contribution in [3.05, 3.63) is 22.4 Å². The van der Waals surface area contributed by atoms with E-state index < -0.39 is 0 Å². The number of thiophene rings is 1. The van der Waals surface area contributed by atoms with Gasteiger partial charge in [-0.05, 0) is 43.6 Å². The van der Waals surface area contributed by atoms with Crippen LogP contribution in [0.2, 0.25) is 0 Å². The van der Waals surface area contributed by atoms with Gasteiger partial charge in [-0.25, -0.2) is 0 Å². The number of methoxy groups -OCH3 is 1. The molecule has 0 aliphatic heterocycles. The van der Waals surface area contributed by atoms with Gasteiger partial charge in [-0.1, -0.05) is 19.4 Å². The highest BCUT2D eigenvalue weighted by molar-refractivity contribution is 7.10. The molecule has 0 amide bonds. The summed E-state index contributed by atoms with van der Waals surface area (Å²) in [5.41, 5.74) is 0. The lowest BCUT2D eigenvalue weighted by Gasteiger charge is -2.32. The molecule has 3 heteroatoms. The molecule has 3 atom stereocenters. The molecule has 1 saturated carbocycles. The SMILES string of the molecule is CCCC(NC1CCCC(OC)C1)c1cccs1. The number of hydrogen-bond acceptors (Lipinski definition) is 3. The van der Waals surface area contributed by atoms with E-state index in [1.165, 1.54) is 43.4 Å². The summed E-state index contributed by atoms with van der Waals surface area (Å²) >= 11 is 1.87. The van der Waals surface area contributed by atoms with Gasteiger partial charge in [0, 0.05) is 24.1 Å². The van der Waals surface area contributed by atoms with Gasteiger partial charge in [0.1, 0.15) is 0 Å². The maximum Gasteiger partial charge on any atom is 0.0586 e. The van der Waals surface area contributed by atoms with E-state index in [9.17, 15) is 0 Å². The topological polar surface area (TPSA) is 21.3 Å². The average Bonchev–Trinajstić information content (AvgIpc) is 2.92. The van der Waals surface area contributed by atoms with Gasteiger partial charge >= 0.3 is 0 Å². The zero-order chi connectivity index (χ0) is 12.8. The molecule has 2 nitrogen and oxygen atoms in total. The van der Waals surface area contributed by atoms with E-state index in [1.54, 1.807) is 0 Å². The Morgan fingerprint density at radius 3 is 3.06 bits per heavy atom. The maximum atomic E-state index is 5.52. The molecule has 0 spiro atoms. The van der Waals surface area contributed by atoms with Crippen molar-refractivity contribution in [2.45, 2.75) is 63.6 Å². The fraction of sp³-hybridized carbons (Fsp3) is 0.733.